The molecule has 3 rings (SSSR count). The number of amides is 1. The van der Waals surface area contributed by atoms with E-state index in [2.05, 4.69) is 21.2 Å². The van der Waals surface area contributed by atoms with E-state index in [-0.39, 0.29) is 5.91 Å². The Morgan fingerprint density at radius 2 is 1.96 bits per heavy atom. The summed E-state index contributed by atoms with van der Waals surface area (Å²) in [5.74, 6) is 1.62. The van der Waals surface area contributed by atoms with E-state index in [1.54, 1.807) is 30.3 Å². The van der Waals surface area contributed by atoms with Gasteiger partial charge in [0.05, 0.1) is 12.2 Å². The van der Waals surface area contributed by atoms with Gasteiger partial charge in [0, 0.05) is 16.2 Å². The molecule has 120 valence electrons. The molecule has 2 aromatic carbocycles. The van der Waals surface area contributed by atoms with Gasteiger partial charge < -0.3 is 19.5 Å². The van der Waals surface area contributed by atoms with Gasteiger partial charge in [-0.25, -0.2) is 0 Å². The van der Waals surface area contributed by atoms with Gasteiger partial charge in [-0.05, 0) is 37.3 Å². The Balaban J connectivity index is 1.83. The van der Waals surface area contributed by atoms with E-state index in [4.69, 9.17) is 14.2 Å². The quantitative estimate of drug-likeness (QED) is 0.878. The first-order valence-corrected chi connectivity index (χ1v) is 8.10. The summed E-state index contributed by atoms with van der Waals surface area (Å²) in [7, 11) is 0. The zero-order valence-corrected chi connectivity index (χ0v) is 14.2. The standard InChI is InChI=1S/C17H16BrNO4/c1-2-21-14-5-3-11(18)9-13(14)17(20)19-12-4-6-15-16(10-12)23-8-7-22-15/h3-6,9-10H,2,7-8H2,1H3,(H,19,20). The predicted molar refractivity (Wildman–Crippen MR) is 90.7 cm³/mol. The molecule has 1 aliphatic heterocycles. The van der Waals surface area contributed by atoms with E-state index in [1.165, 1.54) is 0 Å². The number of hydrogen-bond donors (Lipinski definition) is 1. The molecule has 0 saturated heterocycles. The molecule has 0 atom stereocenters. The van der Waals surface area contributed by atoms with Gasteiger partial charge in [0.15, 0.2) is 11.5 Å². The van der Waals surface area contributed by atoms with Crippen LogP contribution in [-0.2, 0) is 0 Å². The molecule has 6 heteroatoms. The van der Waals surface area contributed by atoms with Gasteiger partial charge >= 0.3 is 0 Å². The van der Waals surface area contributed by atoms with Crippen LogP contribution < -0.4 is 19.5 Å². The lowest BCUT2D eigenvalue weighted by atomic mass is 10.1. The van der Waals surface area contributed by atoms with Crippen molar-refractivity contribution in [3.63, 3.8) is 0 Å². The van der Waals surface area contributed by atoms with Gasteiger partial charge in [-0.15, -0.1) is 0 Å². The van der Waals surface area contributed by atoms with Crippen molar-refractivity contribution in [1.29, 1.82) is 0 Å². The molecule has 0 saturated carbocycles. The van der Waals surface area contributed by atoms with Crippen LogP contribution in [0.5, 0.6) is 17.2 Å². The largest absolute Gasteiger partial charge is 0.493 e. The van der Waals surface area contributed by atoms with Crippen molar-refractivity contribution in [1.82, 2.24) is 0 Å². The van der Waals surface area contributed by atoms with Crippen molar-refractivity contribution < 1.29 is 19.0 Å². The van der Waals surface area contributed by atoms with Crippen molar-refractivity contribution >= 4 is 27.5 Å². The number of carbonyl (C=O) groups is 1. The lowest BCUT2D eigenvalue weighted by Gasteiger charge is -2.19. The molecular weight excluding hydrogens is 362 g/mol. The molecule has 0 aliphatic carbocycles. The highest BCUT2D eigenvalue weighted by molar-refractivity contribution is 9.10. The topological polar surface area (TPSA) is 56.8 Å². The lowest BCUT2D eigenvalue weighted by Crippen LogP contribution is -2.17. The summed E-state index contributed by atoms with van der Waals surface area (Å²) in [5, 5.41) is 2.86. The Labute approximate surface area is 142 Å². The van der Waals surface area contributed by atoms with Crippen molar-refractivity contribution in [2.75, 3.05) is 25.1 Å². The highest BCUT2D eigenvalue weighted by atomic mass is 79.9. The summed E-state index contributed by atoms with van der Waals surface area (Å²) in [6.07, 6.45) is 0. The van der Waals surface area contributed by atoms with E-state index in [0.29, 0.717) is 48.3 Å². The van der Waals surface area contributed by atoms with Crippen LogP contribution in [0.2, 0.25) is 0 Å². The number of ether oxygens (including phenoxy) is 3. The predicted octanol–water partition coefficient (Wildman–Crippen LogP) is 3.87. The molecular formula is C17H16BrNO4. The third-order valence-electron chi connectivity index (χ3n) is 3.29. The first kappa shape index (κ1) is 15.7. The summed E-state index contributed by atoms with van der Waals surface area (Å²) < 4.78 is 17.3. The second kappa shape index (κ2) is 6.91. The Bertz CT molecular complexity index is 733. The highest BCUT2D eigenvalue weighted by Gasteiger charge is 2.16. The minimum Gasteiger partial charge on any atom is -0.493 e. The Morgan fingerprint density at radius 3 is 2.74 bits per heavy atom. The Hall–Kier alpha value is -2.21. The Morgan fingerprint density at radius 1 is 1.17 bits per heavy atom. The van der Waals surface area contributed by atoms with E-state index in [0.717, 1.165) is 4.47 Å². The minimum atomic E-state index is -0.244. The fourth-order valence-corrected chi connectivity index (χ4v) is 2.64. The van der Waals surface area contributed by atoms with Gasteiger partial charge in [-0.3, -0.25) is 4.79 Å². The molecule has 0 fully saturated rings. The molecule has 0 spiro atoms. The molecule has 0 aromatic heterocycles. The summed E-state index contributed by atoms with van der Waals surface area (Å²) >= 11 is 3.38. The second-order valence-electron chi connectivity index (χ2n) is 4.89. The van der Waals surface area contributed by atoms with Gasteiger partial charge in [0.25, 0.3) is 5.91 Å². The van der Waals surface area contributed by atoms with Crippen LogP contribution >= 0.6 is 15.9 Å². The first-order valence-electron chi connectivity index (χ1n) is 7.30. The molecule has 1 heterocycles. The summed E-state index contributed by atoms with van der Waals surface area (Å²) in [5.41, 5.74) is 1.11. The third kappa shape index (κ3) is 3.59. The number of benzene rings is 2. The molecule has 0 radical (unpaired) electrons. The van der Waals surface area contributed by atoms with E-state index < -0.39 is 0 Å². The summed E-state index contributed by atoms with van der Waals surface area (Å²) in [4.78, 5) is 12.5. The zero-order chi connectivity index (χ0) is 16.2. The molecule has 0 unspecified atom stereocenters. The fraction of sp³-hybridized carbons (Fsp3) is 0.235. The number of rotatable bonds is 4. The maximum absolute atomic E-state index is 12.5. The van der Waals surface area contributed by atoms with Gasteiger partial charge in [0.1, 0.15) is 19.0 Å². The average molecular weight is 378 g/mol. The number of halogens is 1. The summed E-state index contributed by atoms with van der Waals surface area (Å²) in [6, 6.07) is 10.7. The molecule has 0 bridgehead atoms. The fourth-order valence-electron chi connectivity index (χ4n) is 2.28. The SMILES string of the molecule is CCOc1ccc(Br)cc1C(=O)Nc1ccc2c(c1)OCCO2. The van der Waals surface area contributed by atoms with E-state index >= 15 is 0 Å². The van der Waals surface area contributed by atoms with Crippen LogP contribution in [0.1, 0.15) is 17.3 Å². The van der Waals surface area contributed by atoms with Gasteiger partial charge in [0.2, 0.25) is 0 Å². The number of nitrogens with one attached hydrogen (secondary N) is 1. The average Bonchev–Trinajstić information content (AvgIpc) is 2.56. The van der Waals surface area contributed by atoms with Crippen LogP contribution in [0.25, 0.3) is 0 Å². The van der Waals surface area contributed by atoms with Crippen molar-refractivity contribution in [2.45, 2.75) is 6.92 Å². The summed E-state index contributed by atoms with van der Waals surface area (Å²) in [6.45, 7) is 3.41. The van der Waals surface area contributed by atoms with Crippen LogP contribution in [0.4, 0.5) is 5.69 Å². The molecule has 2 aromatic rings. The van der Waals surface area contributed by atoms with Crippen LogP contribution in [0.15, 0.2) is 40.9 Å². The highest BCUT2D eigenvalue weighted by Crippen LogP contribution is 2.33. The third-order valence-corrected chi connectivity index (χ3v) is 3.78. The number of anilines is 1. The van der Waals surface area contributed by atoms with Gasteiger partial charge in [-0.2, -0.15) is 0 Å². The Kier molecular flexibility index (Phi) is 4.71. The van der Waals surface area contributed by atoms with Crippen LogP contribution in [-0.4, -0.2) is 25.7 Å². The van der Waals surface area contributed by atoms with Gasteiger partial charge in [-0.1, -0.05) is 15.9 Å². The minimum absolute atomic E-state index is 0.244. The molecule has 1 aliphatic rings. The first-order chi connectivity index (χ1) is 11.2. The van der Waals surface area contributed by atoms with Crippen LogP contribution in [0.3, 0.4) is 0 Å². The maximum atomic E-state index is 12.5. The molecule has 5 nitrogen and oxygen atoms in total. The number of fused-ring (bicyclic) bond motifs is 1. The zero-order valence-electron chi connectivity index (χ0n) is 12.6. The molecule has 1 amide bonds. The monoisotopic (exact) mass is 377 g/mol. The lowest BCUT2D eigenvalue weighted by molar-refractivity contribution is 0.102. The van der Waals surface area contributed by atoms with Crippen molar-refractivity contribution in [3.05, 3.63) is 46.4 Å². The maximum Gasteiger partial charge on any atom is 0.259 e. The molecule has 23 heavy (non-hydrogen) atoms. The number of hydrogen-bond acceptors (Lipinski definition) is 4. The van der Waals surface area contributed by atoms with E-state index in [9.17, 15) is 4.79 Å². The van der Waals surface area contributed by atoms with Crippen molar-refractivity contribution in [2.24, 2.45) is 0 Å². The molecule has 1 N–H and O–H groups in total. The smallest absolute Gasteiger partial charge is 0.259 e. The number of carbonyl (C=O) groups excluding carboxylic acids is 1. The second-order valence-corrected chi connectivity index (χ2v) is 5.80. The van der Waals surface area contributed by atoms with E-state index in [1.807, 2.05) is 13.0 Å². The van der Waals surface area contributed by atoms with Crippen LogP contribution in [0, 0.1) is 0 Å². The normalized spacial score (nSPS) is 12.6. The van der Waals surface area contributed by atoms with Crippen molar-refractivity contribution in [3.8, 4) is 17.2 Å².